The van der Waals surface area contributed by atoms with Crippen LogP contribution in [-0.2, 0) is 16.1 Å². The van der Waals surface area contributed by atoms with E-state index in [2.05, 4.69) is 23.6 Å². The molecule has 0 N–H and O–H groups in total. The van der Waals surface area contributed by atoms with Crippen LogP contribution >= 0.6 is 11.3 Å². The maximum absolute atomic E-state index is 12.3. The number of ether oxygens (including phenoxy) is 1. The number of thiazole rings is 1. The lowest BCUT2D eigenvalue weighted by Crippen LogP contribution is -2.31. The van der Waals surface area contributed by atoms with Gasteiger partial charge in [-0.3, -0.25) is 4.79 Å². The van der Waals surface area contributed by atoms with Crippen LogP contribution in [0.4, 0.5) is 0 Å². The quantitative estimate of drug-likeness (QED) is 0.486. The van der Waals surface area contributed by atoms with Gasteiger partial charge in [-0.25, -0.2) is 9.78 Å². The molecule has 0 radical (unpaired) electrons. The summed E-state index contributed by atoms with van der Waals surface area (Å²) in [6, 6.07) is 0. The van der Waals surface area contributed by atoms with E-state index in [0.29, 0.717) is 18.7 Å². The maximum atomic E-state index is 12.3. The summed E-state index contributed by atoms with van der Waals surface area (Å²) < 4.78 is 4.66. The Kier molecular flexibility index (Phi) is 8.74. The van der Waals surface area contributed by atoms with E-state index < -0.39 is 5.97 Å². The minimum absolute atomic E-state index is 0.174. The molecule has 5 nitrogen and oxygen atoms in total. The second-order valence-corrected chi connectivity index (χ2v) is 6.19. The fourth-order valence-electron chi connectivity index (χ4n) is 2.08. The number of carbonyl (C=O) groups is 2. The second kappa shape index (κ2) is 10.3. The highest BCUT2D eigenvalue weighted by Gasteiger charge is 2.17. The predicted molar refractivity (Wildman–Crippen MR) is 87.9 cm³/mol. The Balaban J connectivity index is 2.67. The summed E-state index contributed by atoms with van der Waals surface area (Å²) in [6.07, 6.45) is 5.75. The van der Waals surface area contributed by atoms with Crippen molar-refractivity contribution in [1.29, 1.82) is 0 Å². The Morgan fingerprint density at radius 3 is 2.59 bits per heavy atom. The fourth-order valence-corrected chi connectivity index (χ4v) is 2.85. The van der Waals surface area contributed by atoms with E-state index in [0.717, 1.165) is 43.7 Å². The molecule has 0 fully saturated rings. The van der Waals surface area contributed by atoms with E-state index in [4.69, 9.17) is 0 Å². The van der Waals surface area contributed by atoms with Crippen molar-refractivity contribution in [3.8, 4) is 0 Å². The molecule has 0 aromatic carbocycles. The highest BCUT2D eigenvalue weighted by Crippen LogP contribution is 2.15. The maximum Gasteiger partial charge on any atom is 0.357 e. The first kappa shape index (κ1) is 18.6. The Morgan fingerprint density at radius 2 is 1.95 bits per heavy atom. The zero-order valence-electron chi connectivity index (χ0n) is 13.8. The van der Waals surface area contributed by atoms with Gasteiger partial charge in [-0.2, -0.15) is 0 Å². The molecule has 0 aliphatic rings. The van der Waals surface area contributed by atoms with Gasteiger partial charge in [0.25, 0.3) is 0 Å². The molecule has 1 aromatic rings. The number of amides is 1. The lowest BCUT2D eigenvalue weighted by molar-refractivity contribution is -0.132. The average Bonchev–Trinajstić information content (AvgIpc) is 2.99. The van der Waals surface area contributed by atoms with Crippen LogP contribution in [0.25, 0.3) is 0 Å². The lowest BCUT2D eigenvalue weighted by Gasteiger charge is -2.21. The third-order valence-corrected chi connectivity index (χ3v) is 4.23. The van der Waals surface area contributed by atoms with E-state index in [1.54, 1.807) is 5.38 Å². The predicted octanol–water partition coefficient (Wildman–Crippen LogP) is 3.64. The van der Waals surface area contributed by atoms with Crippen molar-refractivity contribution < 1.29 is 14.3 Å². The first-order valence-electron chi connectivity index (χ1n) is 7.92. The van der Waals surface area contributed by atoms with Crippen molar-refractivity contribution in [3.63, 3.8) is 0 Å². The summed E-state index contributed by atoms with van der Waals surface area (Å²) in [7, 11) is 1.34. The topological polar surface area (TPSA) is 59.5 Å². The van der Waals surface area contributed by atoms with E-state index in [-0.39, 0.29) is 5.91 Å². The van der Waals surface area contributed by atoms with Crippen molar-refractivity contribution in [2.45, 2.75) is 58.9 Å². The van der Waals surface area contributed by atoms with Gasteiger partial charge in [0.1, 0.15) is 5.01 Å². The number of unbranched alkanes of at least 4 members (excludes halogenated alkanes) is 3. The number of methoxy groups -OCH3 is 1. The zero-order chi connectivity index (χ0) is 16.4. The van der Waals surface area contributed by atoms with Gasteiger partial charge in [0.2, 0.25) is 5.91 Å². The second-order valence-electron chi connectivity index (χ2n) is 5.24. The van der Waals surface area contributed by atoms with Crippen molar-refractivity contribution in [2.75, 3.05) is 13.7 Å². The molecule has 1 aromatic heterocycles. The number of rotatable bonds is 10. The third-order valence-electron chi connectivity index (χ3n) is 3.40. The molecular weight excluding hydrogens is 300 g/mol. The van der Waals surface area contributed by atoms with Gasteiger partial charge in [0, 0.05) is 18.3 Å². The van der Waals surface area contributed by atoms with E-state index in [1.807, 2.05) is 4.90 Å². The molecule has 6 heteroatoms. The number of hydrogen-bond donors (Lipinski definition) is 0. The summed E-state index contributed by atoms with van der Waals surface area (Å²) in [6.45, 7) is 5.46. The molecule has 0 atom stereocenters. The molecule has 0 aliphatic carbocycles. The molecule has 0 spiro atoms. The number of aromatic nitrogens is 1. The minimum Gasteiger partial charge on any atom is -0.464 e. The van der Waals surface area contributed by atoms with Crippen molar-refractivity contribution in [3.05, 3.63) is 16.1 Å². The average molecular weight is 326 g/mol. The summed E-state index contributed by atoms with van der Waals surface area (Å²) >= 11 is 1.40. The third kappa shape index (κ3) is 6.13. The highest BCUT2D eigenvalue weighted by atomic mass is 32.1. The minimum atomic E-state index is -0.433. The van der Waals surface area contributed by atoms with E-state index in [9.17, 15) is 9.59 Å². The largest absolute Gasteiger partial charge is 0.464 e. The van der Waals surface area contributed by atoms with Crippen molar-refractivity contribution in [1.82, 2.24) is 9.88 Å². The standard InChI is InChI=1S/C16H26N2O3S/c1-4-6-8-10-18(15(19)9-7-5-2)11-14-17-13(12-22-14)16(20)21-3/h12H,4-11H2,1-3H3. The molecule has 22 heavy (non-hydrogen) atoms. The fraction of sp³-hybridized carbons (Fsp3) is 0.688. The van der Waals surface area contributed by atoms with Crippen LogP contribution in [0.1, 0.15) is 67.9 Å². The zero-order valence-corrected chi connectivity index (χ0v) is 14.6. The van der Waals surface area contributed by atoms with Crippen LogP contribution in [0.3, 0.4) is 0 Å². The van der Waals surface area contributed by atoms with E-state index >= 15 is 0 Å². The molecule has 1 amide bonds. The van der Waals surface area contributed by atoms with Crippen molar-refractivity contribution >= 4 is 23.2 Å². The molecule has 124 valence electrons. The summed E-state index contributed by atoms with van der Waals surface area (Å²) in [5.41, 5.74) is 0.317. The molecule has 0 saturated heterocycles. The van der Waals surface area contributed by atoms with Crippen LogP contribution in [0.2, 0.25) is 0 Å². The van der Waals surface area contributed by atoms with Gasteiger partial charge in [-0.1, -0.05) is 33.1 Å². The number of nitrogens with zero attached hydrogens (tertiary/aromatic N) is 2. The highest BCUT2D eigenvalue weighted by molar-refractivity contribution is 7.09. The molecule has 0 aliphatic heterocycles. The molecule has 0 bridgehead atoms. The summed E-state index contributed by atoms with van der Waals surface area (Å²) in [5, 5.41) is 2.46. The van der Waals surface area contributed by atoms with Gasteiger partial charge in [0.15, 0.2) is 5.69 Å². The van der Waals surface area contributed by atoms with Gasteiger partial charge < -0.3 is 9.64 Å². The molecule has 1 rings (SSSR count). The van der Waals surface area contributed by atoms with Crippen LogP contribution < -0.4 is 0 Å². The Morgan fingerprint density at radius 1 is 1.23 bits per heavy atom. The molecule has 0 unspecified atom stereocenters. The normalized spacial score (nSPS) is 10.5. The van der Waals surface area contributed by atoms with Crippen LogP contribution in [-0.4, -0.2) is 35.4 Å². The summed E-state index contributed by atoms with van der Waals surface area (Å²) in [4.78, 5) is 29.9. The Labute approximate surface area is 136 Å². The molecule has 0 saturated carbocycles. The number of carbonyl (C=O) groups excluding carboxylic acids is 2. The number of esters is 1. The first-order chi connectivity index (χ1) is 10.6. The lowest BCUT2D eigenvalue weighted by atomic mass is 10.2. The summed E-state index contributed by atoms with van der Waals surface area (Å²) in [5.74, 6) is -0.259. The van der Waals surface area contributed by atoms with Crippen LogP contribution in [0.5, 0.6) is 0 Å². The Hall–Kier alpha value is -1.43. The number of hydrogen-bond acceptors (Lipinski definition) is 5. The van der Waals surface area contributed by atoms with Gasteiger partial charge >= 0.3 is 5.97 Å². The smallest absolute Gasteiger partial charge is 0.357 e. The Bertz CT molecular complexity index is 474. The SMILES string of the molecule is CCCCCN(Cc1nc(C(=O)OC)cs1)C(=O)CCCC. The van der Waals surface area contributed by atoms with Gasteiger partial charge in [-0.15, -0.1) is 11.3 Å². The van der Waals surface area contributed by atoms with Gasteiger partial charge in [-0.05, 0) is 12.8 Å². The monoisotopic (exact) mass is 326 g/mol. The first-order valence-corrected chi connectivity index (χ1v) is 8.80. The van der Waals surface area contributed by atoms with E-state index in [1.165, 1.54) is 18.4 Å². The van der Waals surface area contributed by atoms with Crippen LogP contribution in [0.15, 0.2) is 5.38 Å². The molecule has 1 heterocycles. The van der Waals surface area contributed by atoms with Gasteiger partial charge in [0.05, 0.1) is 13.7 Å². The van der Waals surface area contributed by atoms with Crippen LogP contribution in [0, 0.1) is 0 Å². The molecular formula is C16H26N2O3S. The van der Waals surface area contributed by atoms with Crippen molar-refractivity contribution in [2.24, 2.45) is 0 Å².